The molecular formula is C21H19N7O. The van der Waals surface area contributed by atoms with Crippen molar-refractivity contribution in [1.29, 1.82) is 0 Å². The second-order valence-corrected chi connectivity index (χ2v) is 6.26. The van der Waals surface area contributed by atoms with E-state index in [1.807, 2.05) is 53.3 Å². The Bertz CT molecular complexity index is 1090. The number of pyridine rings is 1. The summed E-state index contributed by atoms with van der Waals surface area (Å²) in [6.45, 7) is 0.499. The van der Waals surface area contributed by atoms with Gasteiger partial charge >= 0.3 is 0 Å². The third-order valence-corrected chi connectivity index (χ3v) is 4.35. The van der Waals surface area contributed by atoms with Crippen LogP contribution < -0.4 is 10.6 Å². The molecule has 8 nitrogen and oxygen atoms in total. The maximum Gasteiger partial charge on any atom is 0.271 e. The number of carbonyl (C=O) groups excluding carboxylic acids is 1. The molecule has 0 spiro atoms. The van der Waals surface area contributed by atoms with Crippen molar-refractivity contribution in [1.82, 2.24) is 30.3 Å². The van der Waals surface area contributed by atoms with Gasteiger partial charge in [0.05, 0.1) is 11.4 Å². The van der Waals surface area contributed by atoms with Gasteiger partial charge in [0.15, 0.2) is 5.69 Å². The van der Waals surface area contributed by atoms with E-state index in [0.29, 0.717) is 12.4 Å². The van der Waals surface area contributed by atoms with Crippen LogP contribution in [0.3, 0.4) is 0 Å². The van der Waals surface area contributed by atoms with Crippen LogP contribution in [-0.2, 0) is 6.54 Å². The van der Waals surface area contributed by atoms with Gasteiger partial charge in [-0.1, -0.05) is 18.2 Å². The van der Waals surface area contributed by atoms with Gasteiger partial charge in [0.25, 0.3) is 5.91 Å². The Morgan fingerprint density at radius 3 is 2.48 bits per heavy atom. The van der Waals surface area contributed by atoms with Crippen LogP contribution in [0.15, 0.2) is 73.2 Å². The molecule has 0 aliphatic rings. The van der Waals surface area contributed by atoms with Gasteiger partial charge in [0.2, 0.25) is 0 Å². The maximum atomic E-state index is 11.6. The van der Waals surface area contributed by atoms with Gasteiger partial charge in [-0.25, -0.2) is 4.68 Å². The number of carbonyl (C=O) groups is 1. The minimum absolute atomic E-state index is 0.270. The molecule has 0 radical (unpaired) electrons. The second-order valence-electron chi connectivity index (χ2n) is 6.26. The molecule has 0 aliphatic heterocycles. The summed E-state index contributed by atoms with van der Waals surface area (Å²) in [4.78, 5) is 15.7. The summed E-state index contributed by atoms with van der Waals surface area (Å²) >= 11 is 0. The molecule has 3 aromatic heterocycles. The number of nitrogens with one attached hydrogen (secondary N) is 2. The lowest BCUT2D eigenvalue weighted by molar-refractivity contribution is 0.0957. The van der Waals surface area contributed by atoms with Crippen LogP contribution in [0.1, 0.15) is 16.1 Å². The topological polar surface area (TPSA) is 97.6 Å². The van der Waals surface area contributed by atoms with Crippen molar-refractivity contribution < 1.29 is 4.79 Å². The maximum absolute atomic E-state index is 11.6. The Morgan fingerprint density at radius 2 is 1.79 bits per heavy atom. The predicted octanol–water partition coefficient (Wildman–Crippen LogP) is 2.70. The number of amides is 1. The molecule has 29 heavy (non-hydrogen) atoms. The summed E-state index contributed by atoms with van der Waals surface area (Å²) in [5.74, 6) is 0.305. The first-order chi connectivity index (χ1) is 14.2. The second kappa shape index (κ2) is 8.30. The predicted molar refractivity (Wildman–Crippen MR) is 110 cm³/mol. The van der Waals surface area contributed by atoms with E-state index >= 15 is 0 Å². The largest absolute Gasteiger partial charge is 0.364 e. The lowest BCUT2D eigenvalue weighted by Gasteiger charge is -2.06. The highest BCUT2D eigenvalue weighted by atomic mass is 16.1. The zero-order valence-electron chi connectivity index (χ0n) is 15.8. The van der Waals surface area contributed by atoms with E-state index in [2.05, 4.69) is 25.8 Å². The zero-order chi connectivity index (χ0) is 20.1. The van der Waals surface area contributed by atoms with Crippen LogP contribution in [0.4, 0.5) is 5.82 Å². The normalized spacial score (nSPS) is 10.5. The molecule has 1 aromatic carbocycles. The van der Waals surface area contributed by atoms with E-state index < -0.39 is 0 Å². The third kappa shape index (κ3) is 4.11. The van der Waals surface area contributed by atoms with Crippen LogP contribution in [0, 0.1) is 0 Å². The van der Waals surface area contributed by atoms with Gasteiger partial charge in [-0.05, 0) is 36.4 Å². The van der Waals surface area contributed by atoms with Gasteiger partial charge in [0, 0.05) is 43.3 Å². The Hall–Kier alpha value is -4.07. The highest BCUT2D eigenvalue weighted by Gasteiger charge is 2.13. The van der Waals surface area contributed by atoms with Crippen LogP contribution in [0.5, 0.6) is 0 Å². The molecule has 8 heteroatoms. The molecule has 0 atom stereocenters. The fourth-order valence-corrected chi connectivity index (χ4v) is 2.87. The van der Waals surface area contributed by atoms with Gasteiger partial charge in [-0.3, -0.25) is 9.78 Å². The number of aromatic nitrogens is 5. The van der Waals surface area contributed by atoms with Crippen molar-refractivity contribution in [2.45, 2.75) is 6.54 Å². The number of rotatable bonds is 6. The molecule has 0 saturated heterocycles. The first-order valence-corrected chi connectivity index (χ1v) is 9.08. The monoisotopic (exact) mass is 385 g/mol. The molecule has 1 amide bonds. The lowest BCUT2D eigenvalue weighted by atomic mass is 10.1. The fraction of sp³-hybridized carbons (Fsp3) is 0.0952. The molecule has 3 heterocycles. The Morgan fingerprint density at radius 1 is 1.00 bits per heavy atom. The van der Waals surface area contributed by atoms with E-state index in [9.17, 15) is 4.79 Å². The van der Waals surface area contributed by atoms with Crippen LogP contribution in [0.2, 0.25) is 0 Å². The minimum atomic E-state index is -0.270. The van der Waals surface area contributed by atoms with Crippen molar-refractivity contribution in [2.24, 2.45) is 0 Å². The van der Waals surface area contributed by atoms with Crippen molar-refractivity contribution in [3.63, 3.8) is 0 Å². The number of hydrogen-bond donors (Lipinski definition) is 2. The molecular weight excluding hydrogens is 366 g/mol. The Balaban J connectivity index is 1.60. The summed E-state index contributed by atoms with van der Waals surface area (Å²) in [5.41, 5.74) is 4.08. The standard InChI is InChI=1S/C21H19N7O/c1-22-21(29)18-7-8-19(26-25-18)24-13-16-14-28(17-5-3-2-4-6-17)27-20(16)15-9-11-23-12-10-15/h2-12,14H,13H2,1H3,(H,22,29)(H,24,26). The number of anilines is 1. The van der Waals surface area contributed by atoms with E-state index in [1.165, 1.54) is 0 Å². The van der Waals surface area contributed by atoms with Crippen molar-refractivity contribution >= 4 is 11.7 Å². The van der Waals surface area contributed by atoms with E-state index in [4.69, 9.17) is 5.10 Å². The van der Waals surface area contributed by atoms with Crippen LogP contribution in [-0.4, -0.2) is 37.9 Å². The first kappa shape index (κ1) is 18.3. The molecule has 144 valence electrons. The van der Waals surface area contributed by atoms with E-state index in [0.717, 1.165) is 22.5 Å². The summed E-state index contributed by atoms with van der Waals surface area (Å²) in [6.07, 6.45) is 5.48. The minimum Gasteiger partial charge on any atom is -0.364 e. The van der Waals surface area contributed by atoms with Gasteiger partial charge < -0.3 is 10.6 Å². The fourth-order valence-electron chi connectivity index (χ4n) is 2.87. The molecule has 4 aromatic rings. The molecule has 0 unspecified atom stereocenters. The van der Waals surface area contributed by atoms with Crippen molar-refractivity contribution in [2.75, 3.05) is 12.4 Å². The van der Waals surface area contributed by atoms with Crippen molar-refractivity contribution in [3.05, 3.63) is 84.4 Å². The molecule has 0 aliphatic carbocycles. The molecule has 0 bridgehead atoms. The highest BCUT2D eigenvalue weighted by molar-refractivity contribution is 5.91. The molecule has 0 saturated carbocycles. The highest BCUT2D eigenvalue weighted by Crippen LogP contribution is 2.24. The molecule has 4 rings (SSSR count). The van der Waals surface area contributed by atoms with Gasteiger partial charge in [0.1, 0.15) is 5.82 Å². The number of hydrogen-bond acceptors (Lipinski definition) is 6. The SMILES string of the molecule is CNC(=O)c1ccc(NCc2cn(-c3ccccc3)nc2-c2ccncc2)nn1. The summed E-state index contributed by atoms with van der Waals surface area (Å²) < 4.78 is 1.85. The Kier molecular flexibility index (Phi) is 5.24. The molecule has 2 N–H and O–H groups in total. The number of para-hydroxylation sites is 1. The van der Waals surface area contributed by atoms with E-state index in [1.54, 1.807) is 31.6 Å². The number of benzene rings is 1. The zero-order valence-corrected chi connectivity index (χ0v) is 15.8. The van der Waals surface area contributed by atoms with Gasteiger partial charge in [-0.2, -0.15) is 5.10 Å². The van der Waals surface area contributed by atoms with Crippen LogP contribution >= 0.6 is 0 Å². The summed E-state index contributed by atoms with van der Waals surface area (Å²) in [6, 6.07) is 17.2. The summed E-state index contributed by atoms with van der Waals surface area (Å²) in [5, 5.41) is 18.6. The van der Waals surface area contributed by atoms with Crippen LogP contribution in [0.25, 0.3) is 16.9 Å². The number of nitrogens with zero attached hydrogens (tertiary/aromatic N) is 5. The molecule has 0 fully saturated rings. The average Bonchev–Trinajstić information content (AvgIpc) is 3.23. The first-order valence-electron chi connectivity index (χ1n) is 9.08. The Labute approximate surface area is 167 Å². The smallest absolute Gasteiger partial charge is 0.271 e. The van der Waals surface area contributed by atoms with Crippen molar-refractivity contribution in [3.8, 4) is 16.9 Å². The van der Waals surface area contributed by atoms with E-state index in [-0.39, 0.29) is 11.6 Å². The lowest BCUT2D eigenvalue weighted by Crippen LogP contribution is -2.19. The van der Waals surface area contributed by atoms with Gasteiger partial charge in [-0.15, -0.1) is 10.2 Å². The summed E-state index contributed by atoms with van der Waals surface area (Å²) in [7, 11) is 1.56. The quantitative estimate of drug-likeness (QED) is 0.530. The average molecular weight is 385 g/mol. The third-order valence-electron chi connectivity index (χ3n) is 4.35.